The number of hydrogen-bond donors (Lipinski definition) is 2. The van der Waals surface area contributed by atoms with E-state index in [4.69, 9.17) is 4.74 Å². The number of nitrogens with one attached hydrogen (secondary N) is 2. The summed E-state index contributed by atoms with van der Waals surface area (Å²) in [7, 11) is 5.82. The van der Waals surface area contributed by atoms with E-state index >= 15 is 0 Å². The summed E-state index contributed by atoms with van der Waals surface area (Å²) >= 11 is 0. The number of aromatic nitrogens is 2. The number of carbonyl (C=O) groups excluding carboxylic acids is 2. The van der Waals surface area contributed by atoms with Gasteiger partial charge in [-0.1, -0.05) is 30.8 Å². The predicted molar refractivity (Wildman–Crippen MR) is 142 cm³/mol. The second kappa shape index (κ2) is 11.4. The molecule has 1 heterocycles. The highest BCUT2D eigenvalue weighted by Gasteiger charge is 2.24. The van der Waals surface area contributed by atoms with E-state index in [9.17, 15) is 9.59 Å². The number of amides is 2. The van der Waals surface area contributed by atoms with Gasteiger partial charge in [0.25, 0.3) is 5.91 Å². The molecule has 1 saturated carbocycles. The van der Waals surface area contributed by atoms with Crippen molar-refractivity contribution in [3.63, 3.8) is 0 Å². The highest BCUT2D eigenvalue weighted by atomic mass is 16.5. The zero-order valence-corrected chi connectivity index (χ0v) is 21.1. The van der Waals surface area contributed by atoms with Crippen molar-refractivity contribution in [2.45, 2.75) is 44.4 Å². The van der Waals surface area contributed by atoms with Crippen LogP contribution in [0.2, 0.25) is 0 Å². The van der Waals surface area contributed by atoms with Gasteiger partial charge in [0.05, 0.1) is 12.3 Å². The van der Waals surface area contributed by atoms with E-state index in [1.807, 2.05) is 30.3 Å². The first kappa shape index (κ1) is 25.5. The van der Waals surface area contributed by atoms with Gasteiger partial charge in [0.15, 0.2) is 5.82 Å². The van der Waals surface area contributed by atoms with Crippen molar-refractivity contribution in [2.75, 3.05) is 26.5 Å². The van der Waals surface area contributed by atoms with Gasteiger partial charge in [-0.05, 0) is 63.4 Å². The van der Waals surface area contributed by atoms with Crippen LogP contribution in [0.1, 0.15) is 41.7 Å². The van der Waals surface area contributed by atoms with Crippen LogP contribution in [-0.4, -0.2) is 60.0 Å². The van der Waals surface area contributed by atoms with E-state index < -0.39 is 0 Å². The molecule has 2 amide bonds. The summed E-state index contributed by atoms with van der Waals surface area (Å²) in [5.74, 6) is -0.0483. The topological polar surface area (TPSA) is 96.4 Å². The van der Waals surface area contributed by atoms with Gasteiger partial charge in [-0.25, -0.2) is 9.97 Å². The smallest absolute Gasteiger partial charge is 0.270 e. The van der Waals surface area contributed by atoms with Crippen LogP contribution in [0.5, 0.6) is 0 Å². The normalized spacial score (nSPS) is 17.7. The number of anilines is 1. The van der Waals surface area contributed by atoms with Crippen LogP contribution in [-0.2, 0) is 16.1 Å². The highest BCUT2D eigenvalue weighted by Crippen LogP contribution is 2.31. The monoisotopic (exact) mass is 487 g/mol. The third kappa shape index (κ3) is 5.78. The Kier molecular flexibility index (Phi) is 8.07. The SMILES string of the molecule is C=CC(=O)Nc1c(COC)ccc2ccc(-c3nccc(C(=O)NC4CCC(N(C)C)CC4)n3)cc12. The number of fused-ring (bicyclic) bond motifs is 1. The lowest BCUT2D eigenvalue weighted by Crippen LogP contribution is -2.42. The van der Waals surface area contributed by atoms with Crippen LogP contribution in [0.15, 0.2) is 55.3 Å². The van der Waals surface area contributed by atoms with Crippen molar-refractivity contribution in [3.8, 4) is 11.4 Å². The summed E-state index contributed by atoms with van der Waals surface area (Å²) in [6.07, 6.45) is 6.89. The Morgan fingerprint density at radius 2 is 1.89 bits per heavy atom. The number of nitrogens with zero attached hydrogens (tertiary/aromatic N) is 3. The molecule has 2 aromatic carbocycles. The molecule has 8 heteroatoms. The lowest BCUT2D eigenvalue weighted by molar-refractivity contribution is -0.111. The summed E-state index contributed by atoms with van der Waals surface area (Å²) in [5, 5.41) is 7.82. The Labute approximate surface area is 211 Å². The molecule has 1 aromatic heterocycles. The first-order chi connectivity index (χ1) is 17.4. The van der Waals surface area contributed by atoms with Gasteiger partial charge >= 0.3 is 0 Å². The summed E-state index contributed by atoms with van der Waals surface area (Å²) < 4.78 is 5.32. The van der Waals surface area contributed by atoms with Gasteiger partial charge in [-0.15, -0.1) is 0 Å². The largest absolute Gasteiger partial charge is 0.380 e. The van der Waals surface area contributed by atoms with Gasteiger partial charge in [0.2, 0.25) is 5.91 Å². The second-order valence-corrected chi connectivity index (χ2v) is 9.37. The Hall–Kier alpha value is -3.62. The van der Waals surface area contributed by atoms with E-state index in [-0.39, 0.29) is 17.9 Å². The van der Waals surface area contributed by atoms with Crippen molar-refractivity contribution >= 4 is 28.3 Å². The average Bonchev–Trinajstić information content (AvgIpc) is 2.90. The zero-order chi connectivity index (χ0) is 25.7. The number of hydrogen-bond acceptors (Lipinski definition) is 6. The molecular formula is C28H33N5O3. The molecule has 1 aliphatic carbocycles. The molecule has 0 atom stereocenters. The molecule has 0 saturated heterocycles. The maximum Gasteiger partial charge on any atom is 0.270 e. The molecule has 36 heavy (non-hydrogen) atoms. The van der Waals surface area contributed by atoms with Gasteiger partial charge in [-0.3, -0.25) is 9.59 Å². The maximum atomic E-state index is 13.0. The van der Waals surface area contributed by atoms with Crippen molar-refractivity contribution in [1.29, 1.82) is 0 Å². The molecule has 8 nitrogen and oxygen atoms in total. The fraction of sp³-hybridized carbons (Fsp3) is 0.357. The van der Waals surface area contributed by atoms with Gasteiger partial charge < -0.3 is 20.3 Å². The molecule has 188 valence electrons. The molecule has 1 fully saturated rings. The van der Waals surface area contributed by atoms with Crippen LogP contribution < -0.4 is 10.6 Å². The van der Waals surface area contributed by atoms with E-state index in [0.717, 1.165) is 47.6 Å². The van der Waals surface area contributed by atoms with Crippen LogP contribution in [0.4, 0.5) is 5.69 Å². The molecular weight excluding hydrogens is 454 g/mol. The molecule has 1 aliphatic rings. The zero-order valence-electron chi connectivity index (χ0n) is 21.1. The third-order valence-electron chi connectivity index (χ3n) is 6.75. The van der Waals surface area contributed by atoms with Crippen LogP contribution in [0, 0.1) is 0 Å². The Morgan fingerprint density at radius 1 is 1.14 bits per heavy atom. The molecule has 0 bridgehead atoms. The Morgan fingerprint density at radius 3 is 2.58 bits per heavy atom. The molecule has 0 aliphatic heterocycles. The maximum absolute atomic E-state index is 13.0. The Bertz CT molecular complexity index is 1270. The summed E-state index contributed by atoms with van der Waals surface area (Å²) in [5.41, 5.74) is 2.58. The number of ether oxygens (including phenoxy) is 1. The molecule has 0 unspecified atom stereocenters. The fourth-order valence-corrected chi connectivity index (χ4v) is 4.72. The van der Waals surface area contributed by atoms with E-state index in [1.54, 1.807) is 19.4 Å². The fourth-order valence-electron chi connectivity index (χ4n) is 4.72. The van der Waals surface area contributed by atoms with Crippen molar-refractivity contribution in [1.82, 2.24) is 20.2 Å². The second-order valence-electron chi connectivity index (χ2n) is 9.37. The lowest BCUT2D eigenvalue weighted by Gasteiger charge is -2.32. The minimum absolute atomic E-state index is 0.156. The summed E-state index contributed by atoms with van der Waals surface area (Å²) in [6, 6.07) is 12.1. The van der Waals surface area contributed by atoms with Crippen LogP contribution in [0.25, 0.3) is 22.2 Å². The van der Waals surface area contributed by atoms with Gasteiger partial charge in [-0.2, -0.15) is 0 Å². The van der Waals surface area contributed by atoms with Gasteiger partial charge in [0, 0.05) is 41.9 Å². The van der Waals surface area contributed by atoms with E-state index in [1.165, 1.54) is 6.08 Å². The van der Waals surface area contributed by atoms with Crippen molar-refractivity contribution in [3.05, 3.63) is 66.5 Å². The summed E-state index contributed by atoms with van der Waals surface area (Å²) in [6.45, 7) is 3.90. The average molecular weight is 488 g/mol. The number of carbonyl (C=O) groups is 2. The van der Waals surface area contributed by atoms with Crippen LogP contribution >= 0.6 is 0 Å². The minimum Gasteiger partial charge on any atom is -0.380 e. The number of methoxy groups -OCH3 is 1. The molecule has 4 rings (SSSR count). The summed E-state index contributed by atoms with van der Waals surface area (Å²) in [4.78, 5) is 36.3. The van der Waals surface area contributed by atoms with Crippen molar-refractivity contribution < 1.29 is 14.3 Å². The number of benzene rings is 2. The first-order valence-corrected chi connectivity index (χ1v) is 12.2. The molecule has 0 spiro atoms. The first-order valence-electron chi connectivity index (χ1n) is 12.2. The highest BCUT2D eigenvalue weighted by molar-refractivity contribution is 6.07. The molecule has 2 N–H and O–H groups in total. The van der Waals surface area contributed by atoms with Gasteiger partial charge in [0.1, 0.15) is 5.69 Å². The standard InChI is InChI=1S/C28H33N5O3/c1-5-25(34)32-26-20(17-36-4)9-7-18-6-8-19(16-23(18)26)27-29-15-14-24(31-27)28(35)30-21-10-12-22(13-11-21)33(2)3/h5-9,14-16,21-22H,1,10-13,17H2,2-4H3,(H,30,35)(H,32,34). The number of rotatable bonds is 8. The van der Waals surface area contributed by atoms with Crippen LogP contribution in [0.3, 0.4) is 0 Å². The lowest BCUT2D eigenvalue weighted by atomic mass is 9.90. The molecule has 3 aromatic rings. The quantitative estimate of drug-likeness (QED) is 0.463. The third-order valence-corrected chi connectivity index (χ3v) is 6.75. The molecule has 0 radical (unpaired) electrons. The predicted octanol–water partition coefficient (Wildman–Crippen LogP) is 4.17. The Balaban J connectivity index is 1.59. The minimum atomic E-state index is -0.306. The van der Waals surface area contributed by atoms with E-state index in [2.05, 4.69) is 46.2 Å². The van der Waals surface area contributed by atoms with Crippen molar-refractivity contribution in [2.24, 2.45) is 0 Å². The van der Waals surface area contributed by atoms with E-state index in [0.29, 0.717) is 29.9 Å².